The van der Waals surface area contributed by atoms with Crippen molar-refractivity contribution in [1.82, 2.24) is 19.9 Å². The van der Waals surface area contributed by atoms with E-state index in [-0.39, 0.29) is 5.91 Å². The highest BCUT2D eigenvalue weighted by molar-refractivity contribution is 9.11. The molecule has 1 amide bonds. The summed E-state index contributed by atoms with van der Waals surface area (Å²) < 4.78 is 3.00. The van der Waals surface area contributed by atoms with Gasteiger partial charge in [0.2, 0.25) is 0 Å². The summed E-state index contributed by atoms with van der Waals surface area (Å²) in [6.45, 7) is 5.08. The van der Waals surface area contributed by atoms with Gasteiger partial charge in [0, 0.05) is 35.4 Å². The van der Waals surface area contributed by atoms with Gasteiger partial charge < -0.3 is 9.88 Å². The predicted molar refractivity (Wildman–Crippen MR) is 98.1 cm³/mol. The van der Waals surface area contributed by atoms with Crippen LogP contribution in [-0.2, 0) is 13.0 Å². The van der Waals surface area contributed by atoms with Crippen LogP contribution in [0.1, 0.15) is 16.2 Å². The molecule has 5 nitrogen and oxygen atoms in total. The second-order valence-corrected chi connectivity index (χ2v) is 6.48. The number of nitrogens with one attached hydrogen (secondary N) is 1. The predicted octanol–water partition coefficient (Wildman–Crippen LogP) is 3.31. The van der Waals surface area contributed by atoms with Crippen molar-refractivity contribution in [2.45, 2.75) is 13.0 Å². The highest BCUT2D eigenvalue weighted by atomic mass is 79.9. The lowest BCUT2D eigenvalue weighted by Crippen LogP contribution is -2.26. The van der Waals surface area contributed by atoms with Crippen molar-refractivity contribution in [3.8, 4) is 0 Å². The van der Waals surface area contributed by atoms with Gasteiger partial charge in [-0.15, -0.1) is 0 Å². The quantitative estimate of drug-likeness (QED) is 0.708. The van der Waals surface area contributed by atoms with Gasteiger partial charge in [0.25, 0.3) is 5.91 Å². The fraction of sp³-hybridized carbons (Fsp3) is 0.167. The zero-order valence-corrected chi connectivity index (χ0v) is 14.7. The van der Waals surface area contributed by atoms with Crippen LogP contribution in [0.3, 0.4) is 0 Å². The van der Waals surface area contributed by atoms with Crippen LogP contribution in [0.25, 0.3) is 11.0 Å². The first-order chi connectivity index (χ1) is 11.6. The maximum atomic E-state index is 12.1. The van der Waals surface area contributed by atoms with Gasteiger partial charge in [0.15, 0.2) is 0 Å². The van der Waals surface area contributed by atoms with Gasteiger partial charge in [0.1, 0.15) is 5.82 Å². The molecule has 122 valence electrons. The third kappa shape index (κ3) is 3.71. The van der Waals surface area contributed by atoms with Crippen LogP contribution in [0.5, 0.6) is 0 Å². The molecular formula is C18H17BrN4O. The Labute approximate surface area is 148 Å². The Morgan fingerprint density at radius 3 is 2.71 bits per heavy atom. The fourth-order valence-electron chi connectivity index (χ4n) is 2.56. The number of hydrogen-bond donors (Lipinski definition) is 1. The Morgan fingerprint density at radius 1 is 1.21 bits per heavy atom. The van der Waals surface area contributed by atoms with Gasteiger partial charge in [-0.25, -0.2) is 4.98 Å². The van der Waals surface area contributed by atoms with Crippen LogP contribution in [-0.4, -0.2) is 27.0 Å². The molecule has 6 heteroatoms. The first kappa shape index (κ1) is 16.4. The molecule has 0 fully saturated rings. The molecule has 0 saturated heterocycles. The van der Waals surface area contributed by atoms with Crippen LogP contribution in [0, 0.1) is 0 Å². The molecule has 2 aromatic heterocycles. The molecule has 0 radical (unpaired) electrons. The molecule has 0 bridgehead atoms. The molecule has 0 aliphatic carbocycles. The van der Waals surface area contributed by atoms with Crippen LogP contribution >= 0.6 is 15.9 Å². The second-order valence-electron chi connectivity index (χ2n) is 5.36. The van der Waals surface area contributed by atoms with E-state index in [1.807, 2.05) is 24.3 Å². The number of fused-ring (bicyclic) bond motifs is 1. The first-order valence-electron chi connectivity index (χ1n) is 7.61. The lowest BCUT2D eigenvalue weighted by atomic mass is 10.2. The fourth-order valence-corrected chi connectivity index (χ4v) is 2.81. The molecule has 0 aliphatic heterocycles. The molecule has 1 aromatic carbocycles. The Hall–Kier alpha value is -2.47. The summed E-state index contributed by atoms with van der Waals surface area (Å²) in [5, 5.41) is 2.92. The summed E-state index contributed by atoms with van der Waals surface area (Å²) in [5.41, 5.74) is 2.61. The molecule has 3 rings (SSSR count). The number of benzene rings is 1. The number of pyridine rings is 1. The van der Waals surface area contributed by atoms with Gasteiger partial charge in [-0.1, -0.05) is 34.6 Å². The van der Waals surface area contributed by atoms with Crippen LogP contribution in [0.2, 0.25) is 0 Å². The average molecular weight is 385 g/mol. The van der Waals surface area contributed by atoms with Crippen molar-refractivity contribution in [2.75, 3.05) is 6.54 Å². The van der Waals surface area contributed by atoms with Crippen LogP contribution in [0.15, 0.2) is 59.9 Å². The van der Waals surface area contributed by atoms with Gasteiger partial charge >= 0.3 is 0 Å². The molecule has 0 aliphatic rings. The Bertz CT molecular complexity index is 873. The van der Waals surface area contributed by atoms with E-state index in [1.165, 1.54) is 0 Å². The Morgan fingerprint density at radius 2 is 1.96 bits per heavy atom. The molecule has 2 heterocycles. The number of rotatable bonds is 6. The molecule has 24 heavy (non-hydrogen) atoms. The molecule has 0 saturated carbocycles. The number of carbonyl (C=O) groups excluding carboxylic acids is 1. The smallest absolute Gasteiger partial charge is 0.251 e. The van der Waals surface area contributed by atoms with E-state index in [4.69, 9.17) is 0 Å². The largest absolute Gasteiger partial charge is 0.352 e. The second kappa shape index (κ2) is 7.40. The zero-order valence-electron chi connectivity index (χ0n) is 13.1. The summed E-state index contributed by atoms with van der Waals surface area (Å²) in [5.74, 6) is 0.816. The third-order valence-electron chi connectivity index (χ3n) is 3.64. The Kier molecular flexibility index (Phi) is 5.05. The SMILES string of the molecule is C=C(Br)Cn1c(CCNC(=O)c2ccncc2)nc2ccccc21. The molecule has 0 atom stereocenters. The number of aromatic nitrogens is 3. The number of nitrogens with zero attached hydrogens (tertiary/aromatic N) is 3. The van der Waals surface area contributed by atoms with Gasteiger partial charge in [-0.05, 0) is 24.3 Å². The van der Waals surface area contributed by atoms with E-state index in [2.05, 4.69) is 42.4 Å². The van der Waals surface area contributed by atoms with E-state index in [0.29, 0.717) is 25.1 Å². The molecule has 1 N–H and O–H groups in total. The Balaban J connectivity index is 1.73. The number of halogens is 1. The summed E-state index contributed by atoms with van der Waals surface area (Å²) in [7, 11) is 0. The van der Waals surface area contributed by atoms with Gasteiger partial charge in [-0.3, -0.25) is 9.78 Å². The lowest BCUT2D eigenvalue weighted by Gasteiger charge is -2.09. The highest BCUT2D eigenvalue weighted by Crippen LogP contribution is 2.19. The van der Waals surface area contributed by atoms with E-state index < -0.39 is 0 Å². The number of carbonyl (C=O) groups is 1. The number of imidazole rings is 1. The van der Waals surface area contributed by atoms with Gasteiger partial charge in [0.05, 0.1) is 17.6 Å². The van der Waals surface area contributed by atoms with Crippen molar-refractivity contribution in [3.05, 3.63) is 71.2 Å². The summed E-state index contributed by atoms with van der Waals surface area (Å²) in [6, 6.07) is 11.4. The summed E-state index contributed by atoms with van der Waals surface area (Å²) in [4.78, 5) is 20.7. The highest BCUT2D eigenvalue weighted by Gasteiger charge is 2.11. The summed E-state index contributed by atoms with van der Waals surface area (Å²) in [6.07, 6.45) is 3.86. The average Bonchev–Trinajstić information content (AvgIpc) is 2.93. The van der Waals surface area contributed by atoms with Crippen molar-refractivity contribution in [3.63, 3.8) is 0 Å². The lowest BCUT2D eigenvalue weighted by molar-refractivity contribution is 0.0954. The molecule has 3 aromatic rings. The standard InChI is InChI=1S/C18H17BrN4O/c1-13(19)12-23-16-5-3-2-4-15(16)22-17(23)8-11-21-18(24)14-6-9-20-10-7-14/h2-7,9-10H,1,8,11-12H2,(H,21,24). The van der Waals surface area contributed by atoms with E-state index in [0.717, 1.165) is 21.3 Å². The van der Waals surface area contributed by atoms with E-state index in [1.54, 1.807) is 24.5 Å². The third-order valence-corrected chi connectivity index (χ3v) is 3.89. The molecule has 0 spiro atoms. The summed E-state index contributed by atoms with van der Waals surface area (Å²) >= 11 is 3.42. The minimum absolute atomic E-state index is 0.107. The topological polar surface area (TPSA) is 59.8 Å². The van der Waals surface area contributed by atoms with Crippen molar-refractivity contribution in [2.24, 2.45) is 0 Å². The molecule has 0 unspecified atom stereocenters. The number of hydrogen-bond acceptors (Lipinski definition) is 3. The van der Waals surface area contributed by atoms with Crippen molar-refractivity contribution < 1.29 is 4.79 Å². The normalized spacial score (nSPS) is 10.7. The molecular weight excluding hydrogens is 368 g/mol. The maximum Gasteiger partial charge on any atom is 0.251 e. The maximum absolute atomic E-state index is 12.1. The minimum Gasteiger partial charge on any atom is -0.352 e. The van der Waals surface area contributed by atoms with Gasteiger partial charge in [-0.2, -0.15) is 0 Å². The zero-order chi connectivity index (χ0) is 16.9. The number of amides is 1. The monoisotopic (exact) mass is 384 g/mol. The van der Waals surface area contributed by atoms with Crippen molar-refractivity contribution >= 4 is 32.9 Å². The minimum atomic E-state index is -0.107. The van der Waals surface area contributed by atoms with Crippen LogP contribution in [0.4, 0.5) is 0 Å². The number of para-hydroxylation sites is 2. The first-order valence-corrected chi connectivity index (χ1v) is 8.40. The van der Waals surface area contributed by atoms with E-state index >= 15 is 0 Å². The van der Waals surface area contributed by atoms with E-state index in [9.17, 15) is 4.79 Å². The van der Waals surface area contributed by atoms with Crippen LogP contribution < -0.4 is 5.32 Å². The number of allylic oxidation sites excluding steroid dienone is 1. The van der Waals surface area contributed by atoms with Crippen molar-refractivity contribution in [1.29, 1.82) is 0 Å².